The molecule has 3 N–H and O–H groups in total. The Kier molecular flexibility index (Phi) is 9.88. The fourth-order valence-corrected chi connectivity index (χ4v) is 5.18. The number of anilines is 1. The van der Waals surface area contributed by atoms with Crippen LogP contribution in [0.5, 0.6) is 17.2 Å². The SMILES string of the molecule is CNC(=O)n1ccc2cc(Oc3ccnc(NC(=O)c4ccc(CN5CCCC5CO)cc4)c3)c(OCCCOC)cc21. The average Bonchev–Trinajstić information content (AvgIpc) is 3.65. The summed E-state index contributed by atoms with van der Waals surface area (Å²) in [5.74, 6) is 1.43. The number of hydrogen-bond donors (Lipinski definition) is 3. The zero-order valence-corrected chi connectivity index (χ0v) is 24.4. The summed E-state index contributed by atoms with van der Waals surface area (Å²) in [5.41, 5.74) is 2.28. The quantitative estimate of drug-likeness (QED) is 0.205. The summed E-state index contributed by atoms with van der Waals surface area (Å²) in [4.78, 5) is 31.9. The van der Waals surface area contributed by atoms with Crippen LogP contribution in [0, 0.1) is 0 Å². The van der Waals surface area contributed by atoms with Crippen LogP contribution in [0.2, 0.25) is 0 Å². The summed E-state index contributed by atoms with van der Waals surface area (Å²) in [7, 11) is 3.21. The first-order chi connectivity index (χ1) is 21.0. The first kappa shape index (κ1) is 30.0. The summed E-state index contributed by atoms with van der Waals surface area (Å²) < 4.78 is 18.9. The molecule has 1 fully saturated rings. The fraction of sp³-hybridized carbons (Fsp3) is 0.344. The third kappa shape index (κ3) is 7.31. The van der Waals surface area contributed by atoms with Crippen molar-refractivity contribution in [2.45, 2.75) is 31.8 Å². The number of pyridine rings is 1. The molecular formula is C32H37N5O6. The van der Waals surface area contributed by atoms with Crippen LogP contribution in [0.1, 0.15) is 35.2 Å². The monoisotopic (exact) mass is 587 g/mol. The van der Waals surface area contributed by atoms with Crippen LogP contribution < -0.4 is 20.1 Å². The third-order valence-corrected chi connectivity index (χ3v) is 7.45. The highest BCUT2D eigenvalue weighted by Gasteiger charge is 2.23. The molecule has 1 unspecified atom stereocenters. The molecule has 1 aliphatic rings. The van der Waals surface area contributed by atoms with Crippen molar-refractivity contribution in [2.75, 3.05) is 45.8 Å². The molecule has 0 bridgehead atoms. The number of carbonyl (C=O) groups is 2. The van der Waals surface area contributed by atoms with E-state index < -0.39 is 0 Å². The van der Waals surface area contributed by atoms with Crippen LogP contribution in [0.3, 0.4) is 0 Å². The number of nitrogens with zero attached hydrogens (tertiary/aromatic N) is 3. The van der Waals surface area contributed by atoms with E-state index in [0.29, 0.717) is 53.8 Å². The van der Waals surface area contributed by atoms with Crippen LogP contribution in [0.25, 0.3) is 10.9 Å². The maximum absolute atomic E-state index is 13.0. The molecule has 5 rings (SSSR count). The summed E-state index contributed by atoms with van der Waals surface area (Å²) >= 11 is 0. The van der Waals surface area contributed by atoms with Crippen LogP contribution in [0.15, 0.2) is 67.0 Å². The molecule has 0 aliphatic carbocycles. The van der Waals surface area contributed by atoms with E-state index in [9.17, 15) is 14.7 Å². The molecular weight excluding hydrogens is 550 g/mol. The second-order valence-electron chi connectivity index (χ2n) is 10.4. The minimum Gasteiger partial charge on any atom is -0.490 e. The molecule has 2 amide bonds. The lowest BCUT2D eigenvalue weighted by Gasteiger charge is -2.22. The molecule has 4 aromatic rings. The highest BCUT2D eigenvalue weighted by molar-refractivity contribution is 6.03. The zero-order valence-electron chi connectivity index (χ0n) is 24.4. The number of aliphatic hydroxyl groups excluding tert-OH is 1. The molecule has 1 saturated heterocycles. The number of benzene rings is 2. The van der Waals surface area contributed by atoms with Gasteiger partial charge in [-0.3, -0.25) is 14.3 Å². The van der Waals surface area contributed by atoms with E-state index in [1.165, 1.54) is 4.57 Å². The molecule has 226 valence electrons. The maximum atomic E-state index is 13.0. The predicted octanol–water partition coefficient (Wildman–Crippen LogP) is 4.64. The molecule has 0 spiro atoms. The van der Waals surface area contributed by atoms with Crippen molar-refractivity contribution in [3.8, 4) is 17.2 Å². The molecule has 2 aromatic carbocycles. The number of amides is 2. The van der Waals surface area contributed by atoms with Gasteiger partial charge in [0, 0.05) is 75.2 Å². The Morgan fingerprint density at radius 3 is 2.67 bits per heavy atom. The average molecular weight is 588 g/mol. The van der Waals surface area contributed by atoms with Gasteiger partial charge in [-0.2, -0.15) is 0 Å². The van der Waals surface area contributed by atoms with E-state index in [4.69, 9.17) is 14.2 Å². The Morgan fingerprint density at radius 1 is 1.07 bits per heavy atom. The zero-order chi connectivity index (χ0) is 30.2. The number of fused-ring (bicyclic) bond motifs is 1. The second kappa shape index (κ2) is 14.1. The van der Waals surface area contributed by atoms with E-state index in [0.717, 1.165) is 36.9 Å². The van der Waals surface area contributed by atoms with Gasteiger partial charge in [0.1, 0.15) is 11.6 Å². The smallest absolute Gasteiger partial charge is 0.325 e. The number of aromatic nitrogens is 2. The number of rotatable bonds is 12. The van der Waals surface area contributed by atoms with Gasteiger partial charge in [0.15, 0.2) is 11.5 Å². The maximum Gasteiger partial charge on any atom is 0.325 e. The first-order valence-electron chi connectivity index (χ1n) is 14.4. The number of carbonyl (C=O) groups excluding carboxylic acids is 2. The van der Waals surface area contributed by atoms with Gasteiger partial charge in [-0.25, -0.2) is 9.78 Å². The Morgan fingerprint density at radius 2 is 1.91 bits per heavy atom. The van der Waals surface area contributed by atoms with E-state index in [1.54, 1.807) is 56.9 Å². The highest BCUT2D eigenvalue weighted by Crippen LogP contribution is 2.37. The molecule has 3 heterocycles. The van der Waals surface area contributed by atoms with Crippen LogP contribution in [0.4, 0.5) is 10.6 Å². The topological polar surface area (TPSA) is 127 Å². The number of likely N-dealkylation sites (tertiary alicyclic amines) is 1. The van der Waals surface area contributed by atoms with Gasteiger partial charge in [0.2, 0.25) is 0 Å². The van der Waals surface area contributed by atoms with Gasteiger partial charge in [-0.05, 0) is 55.3 Å². The van der Waals surface area contributed by atoms with Gasteiger partial charge in [0.05, 0.1) is 18.7 Å². The van der Waals surface area contributed by atoms with Gasteiger partial charge >= 0.3 is 6.03 Å². The lowest BCUT2D eigenvalue weighted by molar-refractivity contribution is 0.102. The highest BCUT2D eigenvalue weighted by atomic mass is 16.5. The molecule has 1 aliphatic heterocycles. The Hall–Kier alpha value is -4.45. The van der Waals surface area contributed by atoms with Crippen LogP contribution in [-0.4, -0.2) is 78.1 Å². The molecule has 11 nitrogen and oxygen atoms in total. The van der Waals surface area contributed by atoms with Gasteiger partial charge in [-0.15, -0.1) is 0 Å². The van der Waals surface area contributed by atoms with Crippen molar-refractivity contribution in [1.29, 1.82) is 0 Å². The predicted molar refractivity (Wildman–Crippen MR) is 163 cm³/mol. The van der Waals surface area contributed by atoms with Crippen LogP contribution >= 0.6 is 0 Å². The largest absolute Gasteiger partial charge is 0.490 e. The number of nitrogens with one attached hydrogen (secondary N) is 2. The van der Waals surface area contributed by atoms with Crippen molar-refractivity contribution in [2.24, 2.45) is 0 Å². The fourth-order valence-electron chi connectivity index (χ4n) is 5.18. The van der Waals surface area contributed by atoms with E-state index in [-0.39, 0.29) is 24.6 Å². The molecule has 1 atom stereocenters. The summed E-state index contributed by atoms with van der Waals surface area (Å²) in [6, 6.07) is 16.1. The van der Waals surface area contributed by atoms with E-state index in [2.05, 4.69) is 20.5 Å². The number of ether oxygens (including phenoxy) is 3. The molecule has 43 heavy (non-hydrogen) atoms. The van der Waals surface area contributed by atoms with E-state index >= 15 is 0 Å². The lowest BCUT2D eigenvalue weighted by atomic mass is 10.1. The molecule has 0 radical (unpaired) electrons. The minimum absolute atomic E-state index is 0.165. The number of methoxy groups -OCH3 is 1. The Labute approximate surface area is 250 Å². The third-order valence-electron chi connectivity index (χ3n) is 7.45. The normalized spacial score (nSPS) is 15.0. The molecule has 11 heteroatoms. The number of aliphatic hydroxyl groups is 1. The minimum atomic E-state index is -0.287. The van der Waals surface area contributed by atoms with Crippen molar-refractivity contribution in [1.82, 2.24) is 19.8 Å². The summed E-state index contributed by atoms with van der Waals surface area (Å²) in [5, 5.41) is 15.8. The van der Waals surface area contributed by atoms with Gasteiger partial charge in [0.25, 0.3) is 5.91 Å². The van der Waals surface area contributed by atoms with Gasteiger partial charge in [-0.1, -0.05) is 12.1 Å². The van der Waals surface area contributed by atoms with Crippen LogP contribution in [-0.2, 0) is 11.3 Å². The Bertz CT molecular complexity index is 1550. The molecule has 2 aromatic heterocycles. The summed E-state index contributed by atoms with van der Waals surface area (Å²) in [6.45, 7) is 2.82. The van der Waals surface area contributed by atoms with E-state index in [1.807, 2.05) is 24.3 Å². The lowest BCUT2D eigenvalue weighted by Crippen LogP contribution is -2.31. The van der Waals surface area contributed by atoms with Crippen molar-refractivity contribution >= 4 is 28.7 Å². The van der Waals surface area contributed by atoms with Crippen molar-refractivity contribution in [3.63, 3.8) is 0 Å². The Balaban J connectivity index is 1.29. The van der Waals surface area contributed by atoms with Gasteiger partial charge < -0.3 is 30.0 Å². The molecule has 0 saturated carbocycles. The standard InChI is InChI=1S/C32H37N5O6/c1-33-32(40)37-14-11-24-17-29(28(19-27(24)37)42-16-4-15-41-2)43-26-10-12-34-30(18-26)35-31(39)23-8-6-22(7-9-23)20-36-13-3-5-25(36)21-38/h6-12,14,17-19,25,38H,3-5,13,15-16,20-21H2,1-2H3,(H,33,40)(H,34,35,39). The summed E-state index contributed by atoms with van der Waals surface area (Å²) in [6.07, 6.45) is 6.02. The van der Waals surface area contributed by atoms with Crippen molar-refractivity contribution in [3.05, 3.63) is 78.1 Å². The van der Waals surface area contributed by atoms with Crippen molar-refractivity contribution < 1.29 is 28.9 Å². The number of hydrogen-bond acceptors (Lipinski definition) is 8. The second-order valence-corrected chi connectivity index (χ2v) is 10.4. The first-order valence-corrected chi connectivity index (χ1v) is 14.4.